The Labute approximate surface area is 246 Å². The van der Waals surface area contributed by atoms with E-state index in [9.17, 15) is 18.0 Å². The van der Waals surface area contributed by atoms with Crippen LogP contribution in [0.15, 0.2) is 97.3 Å². The van der Waals surface area contributed by atoms with Crippen LogP contribution in [0.2, 0.25) is 0 Å². The number of rotatable bonds is 8. The summed E-state index contributed by atoms with van der Waals surface area (Å²) >= 11 is 0. The summed E-state index contributed by atoms with van der Waals surface area (Å²) in [5.74, 6) is 1.06. The summed E-state index contributed by atoms with van der Waals surface area (Å²) in [6.45, 7) is 1.87. The second-order valence-electron chi connectivity index (χ2n) is 9.65. The number of amides is 1. The second kappa shape index (κ2) is 12.2. The lowest BCUT2D eigenvalue weighted by Crippen LogP contribution is -2.14. The van der Waals surface area contributed by atoms with E-state index in [4.69, 9.17) is 9.47 Å². The van der Waals surface area contributed by atoms with E-state index in [0.29, 0.717) is 34.3 Å². The first-order chi connectivity index (χ1) is 20.6. The van der Waals surface area contributed by atoms with Crippen molar-refractivity contribution in [1.29, 1.82) is 0 Å². The van der Waals surface area contributed by atoms with E-state index in [2.05, 4.69) is 20.6 Å². The van der Waals surface area contributed by atoms with Crippen molar-refractivity contribution in [3.63, 3.8) is 0 Å². The van der Waals surface area contributed by atoms with Crippen molar-refractivity contribution in [2.24, 2.45) is 0 Å². The van der Waals surface area contributed by atoms with Gasteiger partial charge in [-0.2, -0.15) is 13.2 Å². The Morgan fingerprint density at radius 2 is 1.53 bits per heavy atom. The first-order valence-corrected chi connectivity index (χ1v) is 13.1. The molecule has 0 atom stereocenters. The fourth-order valence-corrected chi connectivity index (χ4v) is 4.40. The normalized spacial score (nSPS) is 11.1. The van der Waals surface area contributed by atoms with Crippen LogP contribution in [-0.2, 0) is 6.18 Å². The van der Waals surface area contributed by atoms with Crippen LogP contribution in [0.3, 0.4) is 0 Å². The molecule has 0 radical (unpaired) electrons. The number of benzene rings is 3. The van der Waals surface area contributed by atoms with Crippen LogP contribution >= 0.6 is 0 Å². The molecule has 0 unspecified atom stereocenters. The number of ether oxygens (including phenoxy) is 2. The van der Waals surface area contributed by atoms with E-state index >= 15 is 0 Å². The predicted molar refractivity (Wildman–Crippen MR) is 160 cm³/mol. The Bertz CT molecular complexity index is 1760. The first kappa shape index (κ1) is 29.1. The minimum atomic E-state index is -4.60. The number of alkyl halides is 3. The summed E-state index contributed by atoms with van der Waals surface area (Å²) in [5.41, 5.74) is 3.45. The summed E-state index contributed by atoms with van der Waals surface area (Å²) in [6.07, 6.45) is -1.25. The van der Waals surface area contributed by atoms with E-state index in [-0.39, 0.29) is 11.3 Å². The quantitative estimate of drug-likeness (QED) is 0.191. The molecule has 5 rings (SSSR count). The molecule has 2 aromatic heterocycles. The molecule has 0 spiro atoms. The predicted octanol–water partition coefficient (Wildman–Crippen LogP) is 8.15. The molecule has 218 valence electrons. The molecule has 0 aliphatic rings. The van der Waals surface area contributed by atoms with E-state index in [1.165, 1.54) is 13.2 Å². The zero-order chi connectivity index (χ0) is 30.6. The second-order valence-corrected chi connectivity index (χ2v) is 9.65. The minimum Gasteiger partial charge on any atom is -0.497 e. The maximum atomic E-state index is 13.8. The Balaban J connectivity index is 1.39. The summed E-state index contributed by atoms with van der Waals surface area (Å²) in [5, 5.41) is 5.87. The molecular weight excluding hydrogens is 557 g/mol. The maximum Gasteiger partial charge on any atom is 0.416 e. The number of carbonyl (C=O) groups excluding carboxylic acids is 1. The van der Waals surface area contributed by atoms with Gasteiger partial charge < -0.3 is 20.1 Å². The van der Waals surface area contributed by atoms with Gasteiger partial charge in [-0.1, -0.05) is 18.2 Å². The van der Waals surface area contributed by atoms with Gasteiger partial charge in [0.05, 0.1) is 19.8 Å². The smallest absolute Gasteiger partial charge is 0.416 e. The van der Waals surface area contributed by atoms with Gasteiger partial charge in [0, 0.05) is 41.0 Å². The molecule has 1 amide bonds. The van der Waals surface area contributed by atoms with Crippen LogP contribution in [0.25, 0.3) is 22.3 Å². The molecular formula is C33H27F3N4O3. The number of aromatic nitrogens is 2. The van der Waals surface area contributed by atoms with Gasteiger partial charge in [0.25, 0.3) is 5.91 Å². The van der Waals surface area contributed by atoms with Crippen molar-refractivity contribution in [3.8, 4) is 33.9 Å². The highest BCUT2D eigenvalue weighted by atomic mass is 19.4. The van der Waals surface area contributed by atoms with Crippen LogP contribution in [-0.4, -0.2) is 30.1 Å². The molecule has 0 aliphatic heterocycles. The highest BCUT2D eigenvalue weighted by Crippen LogP contribution is 2.36. The summed E-state index contributed by atoms with van der Waals surface area (Å²) < 4.78 is 51.6. The fourth-order valence-electron chi connectivity index (χ4n) is 4.40. The summed E-state index contributed by atoms with van der Waals surface area (Å²) in [6, 6.07) is 22.4. The maximum absolute atomic E-state index is 13.8. The van der Waals surface area contributed by atoms with Crippen LogP contribution in [0, 0.1) is 6.92 Å². The molecule has 0 fully saturated rings. The van der Waals surface area contributed by atoms with Gasteiger partial charge in [0.2, 0.25) is 5.88 Å². The number of hydrogen-bond acceptors (Lipinski definition) is 6. The largest absolute Gasteiger partial charge is 0.497 e. The van der Waals surface area contributed by atoms with E-state index < -0.39 is 17.6 Å². The van der Waals surface area contributed by atoms with Gasteiger partial charge in [0.1, 0.15) is 11.6 Å². The van der Waals surface area contributed by atoms with Gasteiger partial charge >= 0.3 is 6.18 Å². The number of anilines is 3. The lowest BCUT2D eigenvalue weighted by Gasteiger charge is -2.15. The molecule has 5 aromatic rings. The van der Waals surface area contributed by atoms with Crippen molar-refractivity contribution in [2.45, 2.75) is 13.1 Å². The topological polar surface area (TPSA) is 85.4 Å². The van der Waals surface area contributed by atoms with Gasteiger partial charge in [-0.3, -0.25) is 4.79 Å². The number of methoxy groups -OCH3 is 2. The van der Waals surface area contributed by atoms with Crippen molar-refractivity contribution < 1.29 is 27.4 Å². The third-order valence-electron chi connectivity index (χ3n) is 6.74. The molecule has 10 heteroatoms. The average molecular weight is 585 g/mol. The number of halogens is 3. The van der Waals surface area contributed by atoms with Crippen molar-refractivity contribution in [3.05, 3.63) is 114 Å². The number of carbonyl (C=O) groups is 1. The molecule has 7 nitrogen and oxygen atoms in total. The SMILES string of the molecule is COc1ccc(-c2cc(NC(=O)c3ccc(C)c(Nc4cc(-c5ccc(OC)nc5)ccn4)c3)cc(C(F)(F)F)c2)cc1. The Kier molecular flexibility index (Phi) is 8.29. The Morgan fingerprint density at radius 1 is 0.767 bits per heavy atom. The minimum absolute atomic E-state index is 0.0168. The molecule has 2 heterocycles. The molecule has 3 aromatic carbocycles. The molecule has 0 saturated heterocycles. The lowest BCUT2D eigenvalue weighted by atomic mass is 10.0. The summed E-state index contributed by atoms with van der Waals surface area (Å²) in [7, 11) is 3.05. The molecule has 0 bridgehead atoms. The number of nitrogens with one attached hydrogen (secondary N) is 2. The van der Waals surface area contributed by atoms with Gasteiger partial charge in [-0.25, -0.2) is 9.97 Å². The summed E-state index contributed by atoms with van der Waals surface area (Å²) in [4.78, 5) is 21.9. The van der Waals surface area contributed by atoms with Crippen LogP contribution in [0.4, 0.5) is 30.4 Å². The monoisotopic (exact) mass is 584 g/mol. The molecule has 2 N–H and O–H groups in total. The van der Waals surface area contributed by atoms with E-state index in [1.807, 2.05) is 25.1 Å². The van der Waals surface area contributed by atoms with Crippen LogP contribution in [0.5, 0.6) is 11.6 Å². The van der Waals surface area contributed by atoms with Crippen LogP contribution in [0.1, 0.15) is 21.5 Å². The molecule has 0 aliphatic carbocycles. The average Bonchev–Trinajstić information content (AvgIpc) is 3.01. The van der Waals surface area contributed by atoms with E-state index in [0.717, 1.165) is 28.8 Å². The lowest BCUT2D eigenvalue weighted by molar-refractivity contribution is -0.137. The Hall–Kier alpha value is -5.38. The highest BCUT2D eigenvalue weighted by molar-refractivity contribution is 6.05. The van der Waals surface area contributed by atoms with Gasteiger partial charge in [0.15, 0.2) is 0 Å². The van der Waals surface area contributed by atoms with Gasteiger partial charge in [-0.15, -0.1) is 0 Å². The number of hydrogen-bond donors (Lipinski definition) is 2. The van der Waals surface area contributed by atoms with Gasteiger partial charge in [-0.05, 0) is 89.8 Å². The molecule has 43 heavy (non-hydrogen) atoms. The van der Waals surface area contributed by atoms with Crippen molar-refractivity contribution >= 4 is 23.1 Å². The number of aryl methyl sites for hydroxylation is 1. The molecule has 0 saturated carbocycles. The van der Waals surface area contributed by atoms with Crippen LogP contribution < -0.4 is 20.1 Å². The highest BCUT2D eigenvalue weighted by Gasteiger charge is 2.31. The Morgan fingerprint density at radius 3 is 2.21 bits per heavy atom. The standard InChI is InChI=1S/C33H27F3N4O3/c1-20-4-5-23(16-29(20)40-30-17-22(12-13-37-30)24-8-11-31(43-3)38-19-24)32(41)39-27-15-25(14-26(18-27)33(34,35)36)21-6-9-28(42-2)10-7-21/h4-19H,1-3H3,(H,37,40)(H,39,41). The first-order valence-electron chi connectivity index (χ1n) is 13.1. The van der Waals surface area contributed by atoms with Crippen molar-refractivity contribution in [2.75, 3.05) is 24.9 Å². The fraction of sp³-hybridized carbons (Fsp3) is 0.121. The third kappa shape index (κ3) is 6.92. The number of pyridine rings is 2. The number of nitrogens with zero attached hydrogens (tertiary/aromatic N) is 2. The zero-order valence-electron chi connectivity index (χ0n) is 23.5. The van der Waals surface area contributed by atoms with Crippen molar-refractivity contribution in [1.82, 2.24) is 9.97 Å². The third-order valence-corrected chi connectivity index (χ3v) is 6.74. The van der Waals surface area contributed by atoms with E-state index in [1.54, 1.807) is 68.0 Å². The zero-order valence-corrected chi connectivity index (χ0v) is 23.5.